The van der Waals surface area contributed by atoms with Crippen LogP contribution in [0, 0.1) is 0 Å². The van der Waals surface area contributed by atoms with Crippen LogP contribution in [0.15, 0.2) is 53.1 Å². The number of hydrogen-bond donors (Lipinski definition) is 2. The molecule has 0 spiro atoms. The number of hydrazine groups is 1. The number of ether oxygens (including phenoxy) is 2. The minimum Gasteiger partial charge on any atom is -0.494 e. The zero-order valence-electron chi connectivity index (χ0n) is 21.6. The molecule has 1 aliphatic rings. The van der Waals surface area contributed by atoms with Crippen LogP contribution in [0.4, 0.5) is 5.95 Å². The Morgan fingerprint density at radius 3 is 2.54 bits per heavy atom. The van der Waals surface area contributed by atoms with Gasteiger partial charge < -0.3 is 14.5 Å². The SMILES string of the molecule is CCSNc1nnc(C2C=C(C(C)c3ccc(Cl)cc3S(C)=O)N(C)N2)n1-c1c(OC)cccc1OC. The Kier molecular flexibility index (Phi) is 8.68. The van der Waals surface area contributed by atoms with Gasteiger partial charge in [0.25, 0.3) is 0 Å². The molecule has 3 unspecified atom stereocenters. The predicted octanol–water partition coefficient (Wildman–Crippen LogP) is 4.93. The Morgan fingerprint density at radius 1 is 1.22 bits per heavy atom. The van der Waals surface area contributed by atoms with Crippen molar-refractivity contribution in [2.24, 2.45) is 0 Å². The number of nitrogens with zero attached hydrogens (tertiary/aromatic N) is 4. The standard InChI is InChI=1S/C25H31ClN6O3S2/c1-7-36-30-25-28-27-24(32(25)23-20(34-4)9-8-10-21(23)35-5)18-14-19(31(3)29-18)15(2)17-12-11-16(26)13-22(17)37(6)33/h8-15,18,29H,7H2,1-6H3,(H,28,30). The summed E-state index contributed by atoms with van der Waals surface area (Å²) < 4.78 is 29.1. The van der Waals surface area contributed by atoms with Crippen LogP contribution >= 0.6 is 23.5 Å². The Morgan fingerprint density at radius 2 is 1.92 bits per heavy atom. The number of hydrogen-bond acceptors (Lipinski definition) is 9. The van der Waals surface area contributed by atoms with Crippen molar-refractivity contribution in [1.29, 1.82) is 0 Å². The van der Waals surface area contributed by atoms with Crippen molar-refractivity contribution in [2.75, 3.05) is 38.0 Å². The zero-order chi connectivity index (χ0) is 26.7. The average molecular weight is 563 g/mol. The van der Waals surface area contributed by atoms with Crippen molar-refractivity contribution in [1.82, 2.24) is 25.2 Å². The molecule has 0 radical (unpaired) electrons. The summed E-state index contributed by atoms with van der Waals surface area (Å²) in [6, 6.07) is 10.9. The molecule has 0 amide bonds. The number of para-hydroxylation sites is 1. The topological polar surface area (TPSA) is 93.5 Å². The number of nitrogens with one attached hydrogen (secondary N) is 2. The number of methoxy groups -OCH3 is 2. The van der Waals surface area contributed by atoms with E-state index in [4.69, 9.17) is 21.1 Å². The van der Waals surface area contributed by atoms with Gasteiger partial charge in [-0.3, -0.25) is 13.5 Å². The van der Waals surface area contributed by atoms with Crippen LogP contribution in [0.3, 0.4) is 0 Å². The fourth-order valence-corrected chi connectivity index (χ4v) is 5.93. The summed E-state index contributed by atoms with van der Waals surface area (Å²) >= 11 is 7.72. The van der Waals surface area contributed by atoms with Crippen LogP contribution in [-0.4, -0.2) is 57.3 Å². The van der Waals surface area contributed by atoms with E-state index in [0.717, 1.165) is 21.9 Å². The Bertz CT molecular complexity index is 1310. The van der Waals surface area contributed by atoms with Crippen LogP contribution < -0.4 is 19.6 Å². The highest BCUT2D eigenvalue weighted by Crippen LogP contribution is 2.40. The normalized spacial score (nSPS) is 16.9. The quantitative estimate of drug-likeness (QED) is 0.333. The zero-order valence-corrected chi connectivity index (χ0v) is 24.0. The molecular weight excluding hydrogens is 532 g/mol. The van der Waals surface area contributed by atoms with Crippen LogP contribution in [0.2, 0.25) is 5.02 Å². The van der Waals surface area contributed by atoms with Gasteiger partial charge in [0.05, 0.1) is 25.0 Å². The van der Waals surface area contributed by atoms with Gasteiger partial charge in [-0.25, -0.2) is 5.43 Å². The summed E-state index contributed by atoms with van der Waals surface area (Å²) in [6.45, 7) is 4.14. The molecule has 0 saturated carbocycles. The van der Waals surface area contributed by atoms with Crippen molar-refractivity contribution in [3.05, 3.63) is 64.6 Å². The first-order valence-electron chi connectivity index (χ1n) is 11.7. The van der Waals surface area contributed by atoms with Crippen molar-refractivity contribution >= 4 is 40.3 Å². The monoisotopic (exact) mass is 562 g/mol. The Balaban J connectivity index is 1.81. The second-order valence-corrected chi connectivity index (χ2v) is 11.2. The second-order valence-electron chi connectivity index (χ2n) is 8.38. The van der Waals surface area contributed by atoms with Crippen LogP contribution in [0.25, 0.3) is 5.69 Å². The first kappa shape index (κ1) is 27.3. The molecule has 37 heavy (non-hydrogen) atoms. The fraction of sp³-hybridized carbons (Fsp3) is 0.360. The lowest BCUT2D eigenvalue weighted by Gasteiger charge is -2.24. The Labute approximate surface area is 229 Å². The molecule has 0 bridgehead atoms. The second kappa shape index (κ2) is 11.8. The summed E-state index contributed by atoms with van der Waals surface area (Å²) in [4.78, 5) is 0.725. The molecule has 2 heterocycles. The van der Waals surface area contributed by atoms with E-state index in [1.54, 1.807) is 26.5 Å². The van der Waals surface area contributed by atoms with Gasteiger partial charge in [-0.2, -0.15) is 0 Å². The summed E-state index contributed by atoms with van der Waals surface area (Å²) in [5.74, 6) is 3.27. The predicted molar refractivity (Wildman–Crippen MR) is 150 cm³/mol. The maximum atomic E-state index is 12.5. The van der Waals surface area contributed by atoms with Gasteiger partial charge in [-0.1, -0.05) is 49.5 Å². The van der Waals surface area contributed by atoms with Crippen molar-refractivity contribution in [2.45, 2.75) is 30.7 Å². The Hall–Kier alpha value is -2.73. The first-order chi connectivity index (χ1) is 17.8. The largest absolute Gasteiger partial charge is 0.494 e. The summed E-state index contributed by atoms with van der Waals surface area (Å²) in [6.07, 6.45) is 3.78. The minimum atomic E-state index is -1.18. The van der Waals surface area contributed by atoms with E-state index in [1.807, 2.05) is 47.0 Å². The molecule has 1 aliphatic heterocycles. The summed E-state index contributed by atoms with van der Waals surface area (Å²) in [5, 5.41) is 11.6. The number of halogens is 1. The highest BCUT2D eigenvalue weighted by Gasteiger charge is 2.32. The van der Waals surface area contributed by atoms with Gasteiger partial charge in [-0.05, 0) is 35.9 Å². The molecule has 12 heteroatoms. The van der Waals surface area contributed by atoms with E-state index in [2.05, 4.69) is 40.3 Å². The highest BCUT2D eigenvalue weighted by molar-refractivity contribution is 8.00. The van der Waals surface area contributed by atoms with Gasteiger partial charge in [0.15, 0.2) is 5.82 Å². The fourth-order valence-electron chi connectivity index (χ4n) is 4.42. The number of benzene rings is 2. The molecule has 0 saturated heterocycles. The van der Waals surface area contributed by atoms with Gasteiger partial charge in [0.2, 0.25) is 5.95 Å². The number of allylic oxidation sites excluding steroid dienone is 1. The highest BCUT2D eigenvalue weighted by atomic mass is 35.5. The molecule has 2 aromatic carbocycles. The van der Waals surface area contributed by atoms with E-state index >= 15 is 0 Å². The molecule has 198 valence electrons. The number of rotatable bonds is 10. The third-order valence-corrected chi connectivity index (χ3v) is 7.98. The maximum absolute atomic E-state index is 12.5. The van der Waals surface area contributed by atoms with E-state index in [9.17, 15) is 4.21 Å². The molecule has 3 aromatic rings. The van der Waals surface area contributed by atoms with Crippen LogP contribution in [0.1, 0.15) is 37.2 Å². The third kappa shape index (κ3) is 5.45. The van der Waals surface area contributed by atoms with E-state index in [1.165, 1.54) is 11.9 Å². The lowest BCUT2D eigenvalue weighted by Crippen LogP contribution is -2.32. The molecule has 0 fully saturated rings. The minimum absolute atomic E-state index is 0.0518. The van der Waals surface area contributed by atoms with E-state index in [-0.39, 0.29) is 12.0 Å². The van der Waals surface area contributed by atoms with Gasteiger partial charge >= 0.3 is 0 Å². The molecular formula is C25H31ClN6O3S2. The van der Waals surface area contributed by atoms with E-state index < -0.39 is 10.8 Å². The molecule has 9 nitrogen and oxygen atoms in total. The maximum Gasteiger partial charge on any atom is 0.239 e. The molecule has 0 aliphatic carbocycles. The lowest BCUT2D eigenvalue weighted by atomic mass is 9.96. The van der Waals surface area contributed by atoms with Crippen molar-refractivity contribution in [3.63, 3.8) is 0 Å². The number of aromatic nitrogens is 3. The lowest BCUT2D eigenvalue weighted by molar-refractivity contribution is 0.291. The first-order valence-corrected chi connectivity index (χ1v) is 14.6. The third-order valence-electron chi connectivity index (χ3n) is 6.15. The molecule has 2 N–H and O–H groups in total. The number of likely N-dealkylation sites (N-methyl/N-ethyl adjacent to an activating group) is 1. The van der Waals surface area contributed by atoms with Crippen molar-refractivity contribution < 1.29 is 13.7 Å². The van der Waals surface area contributed by atoms with Gasteiger partial charge in [-0.15, -0.1) is 10.2 Å². The summed E-state index contributed by atoms with van der Waals surface area (Å²) in [5.41, 5.74) is 6.16. The van der Waals surface area contributed by atoms with Gasteiger partial charge in [0, 0.05) is 40.6 Å². The smallest absolute Gasteiger partial charge is 0.239 e. The van der Waals surface area contributed by atoms with Crippen LogP contribution in [-0.2, 0) is 10.8 Å². The molecule has 4 rings (SSSR count). The van der Waals surface area contributed by atoms with Gasteiger partial charge in [0.1, 0.15) is 23.2 Å². The number of anilines is 1. The van der Waals surface area contributed by atoms with Crippen LogP contribution in [0.5, 0.6) is 11.5 Å². The van der Waals surface area contributed by atoms with Crippen molar-refractivity contribution in [3.8, 4) is 17.2 Å². The van der Waals surface area contributed by atoms with E-state index in [0.29, 0.717) is 34.0 Å². The summed E-state index contributed by atoms with van der Waals surface area (Å²) in [7, 11) is 4.02. The molecule has 3 atom stereocenters. The molecule has 1 aromatic heterocycles. The average Bonchev–Trinajstić information content (AvgIpc) is 3.49.